The lowest BCUT2D eigenvalue weighted by molar-refractivity contribution is 0.0994. The summed E-state index contributed by atoms with van der Waals surface area (Å²) >= 11 is 6.00. The van der Waals surface area contributed by atoms with Crippen molar-refractivity contribution in [3.63, 3.8) is 0 Å². The lowest BCUT2D eigenvalue weighted by Crippen LogP contribution is -2.45. The first-order valence-electron chi connectivity index (χ1n) is 12.3. The fourth-order valence-corrected chi connectivity index (χ4v) is 4.57. The highest BCUT2D eigenvalue weighted by molar-refractivity contribution is 6.30. The molecule has 0 bridgehead atoms. The first kappa shape index (κ1) is 25.5. The van der Waals surface area contributed by atoms with Gasteiger partial charge in [-0.3, -0.25) is 14.7 Å². The van der Waals surface area contributed by atoms with Gasteiger partial charge in [0.2, 0.25) is 0 Å². The summed E-state index contributed by atoms with van der Waals surface area (Å²) in [6, 6.07) is 14.9. The zero-order valence-electron chi connectivity index (χ0n) is 20.9. The Hall–Kier alpha value is -4.19. The molecule has 0 radical (unpaired) electrons. The smallest absolute Gasteiger partial charge is 0.334 e. The van der Waals surface area contributed by atoms with Crippen molar-refractivity contribution in [3.05, 3.63) is 82.5 Å². The molecular weight excluding hydrogens is 502 g/mol. The number of anilines is 2. The summed E-state index contributed by atoms with van der Waals surface area (Å²) in [5.74, 6) is 2.39. The second kappa shape index (κ2) is 11.1. The molecule has 1 saturated heterocycles. The van der Waals surface area contributed by atoms with Gasteiger partial charge in [-0.15, -0.1) is 6.42 Å². The summed E-state index contributed by atoms with van der Waals surface area (Å²) < 4.78 is 5.28. The maximum absolute atomic E-state index is 13.6. The third-order valence-corrected chi connectivity index (χ3v) is 6.86. The van der Waals surface area contributed by atoms with Crippen LogP contribution in [0.5, 0.6) is 5.75 Å². The van der Waals surface area contributed by atoms with Crippen LogP contribution in [0.1, 0.15) is 40.4 Å². The van der Waals surface area contributed by atoms with Gasteiger partial charge >= 0.3 is 6.03 Å². The molecule has 1 aromatic heterocycles. The number of urea groups is 1. The second-order valence-electron chi connectivity index (χ2n) is 9.04. The number of pyridine rings is 1. The van der Waals surface area contributed by atoms with Gasteiger partial charge in [-0.05, 0) is 54.4 Å². The number of amides is 3. The molecule has 0 aliphatic carbocycles. The van der Waals surface area contributed by atoms with Crippen molar-refractivity contribution in [1.29, 1.82) is 0 Å². The van der Waals surface area contributed by atoms with Crippen LogP contribution >= 0.6 is 11.6 Å². The molecule has 192 valence electrons. The van der Waals surface area contributed by atoms with Crippen LogP contribution in [-0.4, -0.2) is 54.3 Å². The molecule has 1 fully saturated rings. The Balaban J connectivity index is 1.41. The SMILES string of the molecule is C#Cc1cc(OC)cc(C(=O)N(C(=O)Nc2ccc(C(C3=NCC3)N3CCC3)cc2)c2ccc(Cl)cn2)c1. The summed E-state index contributed by atoms with van der Waals surface area (Å²) in [7, 11) is 1.48. The number of aliphatic imine (C=N–C) groups is 1. The molecule has 2 aromatic carbocycles. The van der Waals surface area contributed by atoms with Crippen LogP contribution in [-0.2, 0) is 0 Å². The number of hydrogen-bond acceptors (Lipinski definition) is 6. The largest absolute Gasteiger partial charge is 0.497 e. The van der Waals surface area contributed by atoms with E-state index in [0.29, 0.717) is 22.0 Å². The Morgan fingerprint density at radius 1 is 1.16 bits per heavy atom. The minimum atomic E-state index is -0.676. The lowest BCUT2D eigenvalue weighted by Gasteiger charge is -2.41. The molecule has 0 saturated carbocycles. The number of hydrogen-bond donors (Lipinski definition) is 1. The van der Waals surface area contributed by atoms with Crippen LogP contribution in [0.2, 0.25) is 5.02 Å². The number of terminal acetylenes is 1. The van der Waals surface area contributed by atoms with Crippen LogP contribution < -0.4 is 15.0 Å². The van der Waals surface area contributed by atoms with E-state index in [1.165, 1.54) is 43.6 Å². The normalized spacial score (nSPS) is 15.2. The monoisotopic (exact) mass is 527 g/mol. The van der Waals surface area contributed by atoms with Crippen LogP contribution in [0.3, 0.4) is 0 Å². The van der Waals surface area contributed by atoms with E-state index in [4.69, 9.17) is 22.8 Å². The molecule has 3 amide bonds. The van der Waals surface area contributed by atoms with Gasteiger partial charge in [-0.25, -0.2) is 14.7 Å². The molecule has 9 heteroatoms. The number of nitrogens with zero attached hydrogens (tertiary/aromatic N) is 4. The van der Waals surface area contributed by atoms with Gasteiger partial charge in [0.25, 0.3) is 5.91 Å². The van der Waals surface area contributed by atoms with Crippen molar-refractivity contribution in [2.45, 2.75) is 18.9 Å². The molecule has 1 N–H and O–H groups in total. The summed E-state index contributed by atoms with van der Waals surface area (Å²) in [5, 5.41) is 3.20. The van der Waals surface area contributed by atoms with Gasteiger partial charge in [-0.1, -0.05) is 29.7 Å². The molecule has 1 unspecified atom stereocenters. The van der Waals surface area contributed by atoms with E-state index in [-0.39, 0.29) is 17.4 Å². The van der Waals surface area contributed by atoms with Gasteiger partial charge in [0.05, 0.1) is 18.2 Å². The van der Waals surface area contributed by atoms with Gasteiger partial charge in [0.1, 0.15) is 11.6 Å². The average Bonchev–Trinajstić information content (AvgIpc) is 2.87. The zero-order valence-corrected chi connectivity index (χ0v) is 21.6. The van der Waals surface area contributed by atoms with Crippen molar-refractivity contribution >= 4 is 40.8 Å². The van der Waals surface area contributed by atoms with E-state index in [2.05, 4.69) is 26.1 Å². The summed E-state index contributed by atoms with van der Waals surface area (Å²) in [4.78, 5) is 39.3. The number of carbonyl (C=O) groups is 2. The highest BCUT2D eigenvalue weighted by atomic mass is 35.5. The Bertz CT molecular complexity index is 1430. The molecule has 0 spiro atoms. The molecule has 3 aromatic rings. The number of methoxy groups -OCH3 is 1. The molecular formula is C29H26ClN5O3. The first-order chi connectivity index (χ1) is 18.5. The molecule has 1 atom stereocenters. The summed E-state index contributed by atoms with van der Waals surface area (Å²) in [5.41, 5.74) is 3.50. The molecule has 2 aliphatic heterocycles. The number of rotatable bonds is 7. The number of benzene rings is 2. The number of likely N-dealkylation sites (tertiary alicyclic amines) is 1. The Morgan fingerprint density at radius 3 is 2.47 bits per heavy atom. The fraction of sp³-hybridized carbons (Fsp3) is 0.241. The van der Waals surface area contributed by atoms with Gasteiger partial charge in [-0.2, -0.15) is 0 Å². The van der Waals surface area contributed by atoms with E-state index in [0.717, 1.165) is 36.5 Å². The van der Waals surface area contributed by atoms with Crippen LogP contribution in [0, 0.1) is 12.3 Å². The highest BCUT2D eigenvalue weighted by Crippen LogP contribution is 2.32. The summed E-state index contributed by atoms with van der Waals surface area (Å²) in [6.45, 7) is 2.99. The Kier molecular flexibility index (Phi) is 7.40. The van der Waals surface area contributed by atoms with Crippen molar-refractivity contribution < 1.29 is 14.3 Å². The van der Waals surface area contributed by atoms with E-state index in [9.17, 15) is 9.59 Å². The maximum atomic E-state index is 13.6. The maximum Gasteiger partial charge on any atom is 0.334 e. The van der Waals surface area contributed by atoms with E-state index >= 15 is 0 Å². The number of aromatic nitrogens is 1. The minimum absolute atomic E-state index is 0.111. The number of carbonyl (C=O) groups excluding carboxylic acids is 2. The Morgan fingerprint density at radius 2 is 1.92 bits per heavy atom. The topological polar surface area (TPSA) is 87.1 Å². The number of nitrogens with one attached hydrogen (secondary N) is 1. The first-order valence-corrected chi connectivity index (χ1v) is 12.6. The number of halogens is 1. The van der Waals surface area contributed by atoms with Gasteiger partial charge in [0, 0.05) is 54.8 Å². The number of ether oxygens (including phenoxy) is 1. The zero-order chi connectivity index (χ0) is 26.6. The highest BCUT2D eigenvalue weighted by Gasteiger charge is 2.32. The Labute approximate surface area is 226 Å². The van der Waals surface area contributed by atoms with E-state index < -0.39 is 11.9 Å². The standard InChI is InChI=1S/C29H26ClN5O3/c1-3-19-15-21(17-24(16-19)38-2)28(36)35(26-10-7-22(30)18-32-26)29(37)33-23-8-5-20(6-9-23)27(25-11-12-31-25)34-13-4-14-34/h1,5-10,15-18,27H,4,11-14H2,2H3,(H,33,37). The predicted molar refractivity (Wildman–Crippen MR) is 148 cm³/mol. The number of imide groups is 1. The van der Waals surface area contributed by atoms with Crippen molar-refractivity contribution in [1.82, 2.24) is 9.88 Å². The predicted octanol–water partition coefficient (Wildman–Crippen LogP) is 5.20. The van der Waals surface area contributed by atoms with Gasteiger partial charge < -0.3 is 10.1 Å². The molecule has 8 nitrogen and oxygen atoms in total. The lowest BCUT2D eigenvalue weighted by atomic mass is 9.93. The molecule has 38 heavy (non-hydrogen) atoms. The third-order valence-electron chi connectivity index (χ3n) is 6.63. The molecule has 3 heterocycles. The van der Waals surface area contributed by atoms with Gasteiger partial charge in [0.15, 0.2) is 0 Å². The second-order valence-corrected chi connectivity index (χ2v) is 9.47. The van der Waals surface area contributed by atoms with Crippen LogP contribution in [0.15, 0.2) is 65.8 Å². The summed E-state index contributed by atoms with van der Waals surface area (Å²) in [6.07, 6.45) is 9.13. The van der Waals surface area contributed by atoms with E-state index in [1.807, 2.05) is 24.3 Å². The van der Waals surface area contributed by atoms with Crippen molar-refractivity contribution in [2.24, 2.45) is 4.99 Å². The minimum Gasteiger partial charge on any atom is -0.497 e. The van der Waals surface area contributed by atoms with Crippen molar-refractivity contribution in [3.8, 4) is 18.1 Å². The quantitative estimate of drug-likeness (QED) is 0.427. The van der Waals surface area contributed by atoms with Crippen molar-refractivity contribution in [2.75, 3.05) is 37.0 Å². The molecule has 5 rings (SSSR count). The van der Waals surface area contributed by atoms with Crippen LogP contribution in [0.4, 0.5) is 16.3 Å². The van der Waals surface area contributed by atoms with E-state index in [1.54, 1.807) is 12.1 Å². The third kappa shape index (κ3) is 5.25. The molecule has 2 aliphatic rings. The fourth-order valence-electron chi connectivity index (χ4n) is 4.46. The van der Waals surface area contributed by atoms with Crippen LogP contribution in [0.25, 0.3) is 0 Å². The average molecular weight is 528 g/mol.